The lowest BCUT2D eigenvalue weighted by Gasteiger charge is -2.30. The van der Waals surface area contributed by atoms with E-state index in [-0.39, 0.29) is 11.3 Å². The molecule has 0 aliphatic carbocycles. The van der Waals surface area contributed by atoms with Crippen LogP contribution < -0.4 is 0 Å². The molecule has 0 saturated carbocycles. The third-order valence-corrected chi connectivity index (χ3v) is 4.46. The van der Waals surface area contributed by atoms with Crippen molar-refractivity contribution in [2.75, 3.05) is 6.54 Å². The Labute approximate surface area is 137 Å². The lowest BCUT2D eigenvalue weighted by Crippen LogP contribution is -2.36. The average Bonchev–Trinajstić information content (AvgIpc) is 3.04. The first kappa shape index (κ1) is 15.7. The molecule has 0 N–H and O–H groups in total. The van der Waals surface area contributed by atoms with Gasteiger partial charge in [0.1, 0.15) is 12.7 Å². The Morgan fingerprint density at radius 3 is 2.78 bits per heavy atom. The van der Waals surface area contributed by atoms with Gasteiger partial charge >= 0.3 is 0 Å². The van der Waals surface area contributed by atoms with Gasteiger partial charge < -0.3 is 4.90 Å². The minimum atomic E-state index is 0.133. The molecule has 0 fully saturated rings. The van der Waals surface area contributed by atoms with Crippen LogP contribution in [0.4, 0.5) is 0 Å². The second-order valence-electron chi connectivity index (χ2n) is 7.21. The Balaban J connectivity index is 1.67. The van der Waals surface area contributed by atoms with Crippen molar-refractivity contribution in [3.63, 3.8) is 0 Å². The molecule has 0 bridgehead atoms. The summed E-state index contributed by atoms with van der Waals surface area (Å²) in [6.45, 7) is 8.77. The summed E-state index contributed by atoms with van der Waals surface area (Å²) in [6.07, 6.45) is 4.55. The minimum absolute atomic E-state index is 0.133. The fourth-order valence-corrected chi connectivity index (χ4v) is 2.95. The van der Waals surface area contributed by atoms with Gasteiger partial charge in [0.15, 0.2) is 0 Å². The molecule has 1 amide bonds. The van der Waals surface area contributed by atoms with Gasteiger partial charge in [-0.3, -0.25) is 9.48 Å². The smallest absolute Gasteiger partial charge is 0.224 e. The Morgan fingerprint density at radius 1 is 1.26 bits per heavy atom. The molecule has 2 aromatic rings. The van der Waals surface area contributed by atoms with Crippen LogP contribution in [0.1, 0.15) is 43.9 Å². The molecular weight excluding hydrogens is 288 g/mol. The molecule has 1 aromatic carbocycles. The fourth-order valence-electron chi connectivity index (χ4n) is 2.95. The van der Waals surface area contributed by atoms with Crippen LogP contribution >= 0.6 is 0 Å². The van der Waals surface area contributed by atoms with E-state index in [9.17, 15) is 4.79 Å². The highest BCUT2D eigenvalue weighted by atomic mass is 16.2. The van der Waals surface area contributed by atoms with E-state index in [0.29, 0.717) is 13.0 Å². The van der Waals surface area contributed by atoms with E-state index in [2.05, 4.69) is 49.1 Å². The highest BCUT2D eigenvalue weighted by Gasteiger charge is 2.22. The maximum atomic E-state index is 12.4. The molecule has 3 rings (SSSR count). The number of carbonyl (C=O) groups is 1. The lowest BCUT2D eigenvalue weighted by molar-refractivity contribution is -0.132. The Hall–Kier alpha value is -2.17. The van der Waals surface area contributed by atoms with Crippen LogP contribution in [0, 0.1) is 0 Å². The highest BCUT2D eigenvalue weighted by molar-refractivity contribution is 5.76. The third kappa shape index (κ3) is 3.60. The maximum absolute atomic E-state index is 12.4. The number of aryl methyl sites for hydroxylation is 1. The minimum Gasteiger partial charge on any atom is -0.338 e. The molecule has 0 spiro atoms. The molecule has 0 radical (unpaired) electrons. The SMILES string of the molecule is CC(C)(C)c1ccc2c(c1)CN(C(=O)CCn1cncn1)CC2. The molecular formula is C18H24N4O. The second kappa shape index (κ2) is 6.14. The normalized spacial score (nSPS) is 14.7. The summed E-state index contributed by atoms with van der Waals surface area (Å²) < 4.78 is 1.70. The summed E-state index contributed by atoms with van der Waals surface area (Å²) in [7, 11) is 0. The summed E-state index contributed by atoms with van der Waals surface area (Å²) in [4.78, 5) is 18.3. The fraction of sp³-hybridized carbons (Fsp3) is 0.500. The molecule has 5 heteroatoms. The van der Waals surface area contributed by atoms with Gasteiger partial charge in [0.25, 0.3) is 0 Å². The van der Waals surface area contributed by atoms with E-state index in [1.54, 1.807) is 11.0 Å². The monoisotopic (exact) mass is 312 g/mol. The van der Waals surface area contributed by atoms with Gasteiger partial charge in [0, 0.05) is 19.5 Å². The molecule has 1 aliphatic heterocycles. The van der Waals surface area contributed by atoms with E-state index >= 15 is 0 Å². The van der Waals surface area contributed by atoms with Gasteiger partial charge in [-0.2, -0.15) is 5.10 Å². The number of hydrogen-bond donors (Lipinski definition) is 0. The standard InChI is InChI=1S/C18H24N4O/c1-18(2,3)16-5-4-14-6-8-21(11-15(14)10-16)17(23)7-9-22-13-19-12-20-22/h4-5,10,12-13H,6-9,11H2,1-3H3. The zero-order valence-electron chi connectivity index (χ0n) is 14.1. The summed E-state index contributed by atoms with van der Waals surface area (Å²) in [6, 6.07) is 6.72. The van der Waals surface area contributed by atoms with E-state index in [0.717, 1.165) is 19.5 Å². The van der Waals surface area contributed by atoms with Gasteiger partial charge in [-0.25, -0.2) is 4.98 Å². The number of aromatic nitrogens is 3. The van der Waals surface area contributed by atoms with Crippen molar-refractivity contribution >= 4 is 5.91 Å². The number of carbonyl (C=O) groups excluding carboxylic acids is 1. The number of rotatable bonds is 3. The van der Waals surface area contributed by atoms with Crippen molar-refractivity contribution in [3.05, 3.63) is 47.5 Å². The lowest BCUT2D eigenvalue weighted by atomic mass is 9.84. The van der Waals surface area contributed by atoms with Crippen LogP contribution in [0.15, 0.2) is 30.9 Å². The molecule has 0 atom stereocenters. The average molecular weight is 312 g/mol. The first-order valence-corrected chi connectivity index (χ1v) is 8.16. The van der Waals surface area contributed by atoms with E-state index in [1.807, 2.05) is 4.90 Å². The Kier molecular flexibility index (Phi) is 4.20. The Bertz CT molecular complexity index is 686. The second-order valence-corrected chi connectivity index (χ2v) is 7.21. The molecule has 5 nitrogen and oxygen atoms in total. The summed E-state index contributed by atoms with van der Waals surface area (Å²) in [5.41, 5.74) is 4.12. The topological polar surface area (TPSA) is 51.0 Å². The zero-order chi connectivity index (χ0) is 16.4. The number of nitrogens with zero attached hydrogens (tertiary/aromatic N) is 4. The predicted octanol–water partition coefficient (Wildman–Crippen LogP) is 2.55. The van der Waals surface area contributed by atoms with Crippen molar-refractivity contribution < 1.29 is 4.79 Å². The molecule has 23 heavy (non-hydrogen) atoms. The number of hydrogen-bond acceptors (Lipinski definition) is 3. The van der Waals surface area contributed by atoms with E-state index in [4.69, 9.17) is 0 Å². The maximum Gasteiger partial charge on any atom is 0.224 e. The number of fused-ring (bicyclic) bond motifs is 1. The summed E-state index contributed by atoms with van der Waals surface area (Å²) in [5.74, 6) is 0.187. The summed E-state index contributed by atoms with van der Waals surface area (Å²) in [5, 5.41) is 4.04. The van der Waals surface area contributed by atoms with Crippen LogP contribution in [0.25, 0.3) is 0 Å². The molecule has 0 saturated heterocycles. The third-order valence-electron chi connectivity index (χ3n) is 4.46. The van der Waals surface area contributed by atoms with Gasteiger partial charge in [-0.15, -0.1) is 0 Å². The first-order valence-electron chi connectivity index (χ1n) is 8.16. The summed E-state index contributed by atoms with van der Waals surface area (Å²) >= 11 is 0. The molecule has 0 unspecified atom stereocenters. The first-order chi connectivity index (χ1) is 10.9. The number of amides is 1. The van der Waals surface area contributed by atoms with Crippen molar-refractivity contribution in [2.45, 2.75) is 52.1 Å². The predicted molar refractivity (Wildman–Crippen MR) is 88.9 cm³/mol. The van der Waals surface area contributed by atoms with Crippen LogP contribution in [-0.4, -0.2) is 32.1 Å². The van der Waals surface area contributed by atoms with Crippen molar-refractivity contribution in [3.8, 4) is 0 Å². The van der Waals surface area contributed by atoms with E-state index in [1.165, 1.54) is 23.0 Å². The van der Waals surface area contributed by atoms with Gasteiger partial charge in [0.05, 0.1) is 6.54 Å². The van der Waals surface area contributed by atoms with Gasteiger partial charge in [-0.05, 0) is 28.5 Å². The van der Waals surface area contributed by atoms with E-state index < -0.39 is 0 Å². The number of benzene rings is 1. The van der Waals surface area contributed by atoms with Crippen molar-refractivity contribution in [1.82, 2.24) is 19.7 Å². The van der Waals surface area contributed by atoms with Crippen LogP contribution in [-0.2, 0) is 29.7 Å². The zero-order valence-corrected chi connectivity index (χ0v) is 14.1. The molecule has 2 heterocycles. The Morgan fingerprint density at radius 2 is 2.09 bits per heavy atom. The van der Waals surface area contributed by atoms with Gasteiger partial charge in [0.2, 0.25) is 5.91 Å². The molecule has 1 aliphatic rings. The van der Waals surface area contributed by atoms with Crippen LogP contribution in [0.5, 0.6) is 0 Å². The van der Waals surface area contributed by atoms with Crippen LogP contribution in [0.3, 0.4) is 0 Å². The van der Waals surface area contributed by atoms with Crippen LogP contribution in [0.2, 0.25) is 0 Å². The van der Waals surface area contributed by atoms with Crippen molar-refractivity contribution in [2.24, 2.45) is 0 Å². The van der Waals surface area contributed by atoms with Gasteiger partial charge in [-0.1, -0.05) is 39.0 Å². The largest absolute Gasteiger partial charge is 0.338 e. The molecule has 1 aromatic heterocycles. The highest BCUT2D eigenvalue weighted by Crippen LogP contribution is 2.27. The van der Waals surface area contributed by atoms with Crippen molar-refractivity contribution in [1.29, 1.82) is 0 Å². The molecule has 122 valence electrons. The quantitative estimate of drug-likeness (QED) is 0.875.